The molecule has 0 spiro atoms. The fraction of sp³-hybridized carbons (Fsp3) is 0.667. The summed E-state index contributed by atoms with van der Waals surface area (Å²) in [5.74, 6) is 0. The van der Waals surface area contributed by atoms with E-state index >= 15 is 0 Å². The molecule has 2 rings (SSSR count). The Bertz CT molecular complexity index is 469. The third-order valence-electron chi connectivity index (χ3n) is 3.15. The summed E-state index contributed by atoms with van der Waals surface area (Å²) < 4.78 is 6.28. The van der Waals surface area contributed by atoms with E-state index in [-0.39, 0.29) is 10.6 Å². The maximum Gasteiger partial charge on any atom is 0.287 e. The Morgan fingerprint density at radius 1 is 1.47 bits per heavy atom. The molecule has 1 aromatic rings. The van der Waals surface area contributed by atoms with E-state index in [1.165, 1.54) is 4.68 Å². The van der Waals surface area contributed by atoms with Crippen molar-refractivity contribution in [2.45, 2.75) is 13.0 Å². The molecule has 2 heterocycles. The van der Waals surface area contributed by atoms with Gasteiger partial charge in [-0.3, -0.25) is 4.79 Å². The quantitative estimate of drug-likeness (QED) is 0.865. The Morgan fingerprint density at radius 3 is 3.11 bits per heavy atom. The van der Waals surface area contributed by atoms with Crippen molar-refractivity contribution in [3.63, 3.8) is 0 Å². The molecule has 1 aromatic heterocycles. The van der Waals surface area contributed by atoms with Crippen LogP contribution in [0.2, 0.25) is 5.02 Å². The normalized spacial score (nSPS) is 16.4. The van der Waals surface area contributed by atoms with E-state index in [1.54, 1.807) is 13.3 Å². The summed E-state index contributed by atoms with van der Waals surface area (Å²) in [5, 5.41) is 7.72. The standard InChI is InChI=1S/C12H19ClN4O2/c1-19-8-7-17-12(18)11(13)10(9-15-17)16-5-2-3-14-4-6-16/h9,14H,2-8H2,1H3. The molecular formula is C12H19ClN4O2. The summed E-state index contributed by atoms with van der Waals surface area (Å²) in [7, 11) is 1.59. The van der Waals surface area contributed by atoms with Crippen LogP contribution in [0.15, 0.2) is 11.0 Å². The molecule has 0 amide bonds. The third-order valence-corrected chi connectivity index (χ3v) is 3.51. The van der Waals surface area contributed by atoms with Crippen LogP contribution in [0.1, 0.15) is 6.42 Å². The lowest BCUT2D eigenvalue weighted by atomic mass is 10.3. The summed E-state index contributed by atoms with van der Waals surface area (Å²) in [6.45, 7) is 4.46. The smallest absolute Gasteiger partial charge is 0.287 e. The minimum Gasteiger partial charge on any atom is -0.383 e. The van der Waals surface area contributed by atoms with Crippen molar-refractivity contribution in [2.24, 2.45) is 0 Å². The second-order valence-electron chi connectivity index (χ2n) is 4.46. The Labute approximate surface area is 117 Å². The molecular weight excluding hydrogens is 268 g/mol. The largest absolute Gasteiger partial charge is 0.383 e. The highest BCUT2D eigenvalue weighted by molar-refractivity contribution is 6.33. The monoisotopic (exact) mass is 286 g/mol. The highest BCUT2D eigenvalue weighted by Crippen LogP contribution is 2.21. The van der Waals surface area contributed by atoms with Gasteiger partial charge in [-0.1, -0.05) is 11.6 Å². The molecule has 19 heavy (non-hydrogen) atoms. The predicted octanol–water partition coefficient (Wildman–Crippen LogP) is 0.343. The van der Waals surface area contributed by atoms with Gasteiger partial charge in [0.05, 0.1) is 25.0 Å². The molecule has 6 nitrogen and oxygen atoms in total. The zero-order valence-electron chi connectivity index (χ0n) is 11.1. The van der Waals surface area contributed by atoms with Gasteiger partial charge in [-0.15, -0.1) is 0 Å². The second-order valence-corrected chi connectivity index (χ2v) is 4.83. The van der Waals surface area contributed by atoms with Gasteiger partial charge in [-0.25, -0.2) is 4.68 Å². The van der Waals surface area contributed by atoms with Crippen LogP contribution in [0.5, 0.6) is 0 Å². The Balaban J connectivity index is 2.22. The van der Waals surface area contributed by atoms with Crippen molar-refractivity contribution in [1.29, 1.82) is 0 Å². The molecule has 0 bridgehead atoms. The fourth-order valence-corrected chi connectivity index (χ4v) is 2.37. The molecule has 0 saturated carbocycles. The van der Waals surface area contributed by atoms with Gasteiger partial charge in [0.2, 0.25) is 0 Å². The van der Waals surface area contributed by atoms with E-state index < -0.39 is 0 Å². The van der Waals surface area contributed by atoms with E-state index in [9.17, 15) is 4.79 Å². The van der Waals surface area contributed by atoms with Crippen LogP contribution in [0.25, 0.3) is 0 Å². The van der Waals surface area contributed by atoms with Gasteiger partial charge in [0.15, 0.2) is 0 Å². The van der Waals surface area contributed by atoms with Crippen molar-refractivity contribution < 1.29 is 4.74 Å². The number of anilines is 1. The first kappa shape index (κ1) is 14.3. The molecule has 0 aliphatic carbocycles. The molecule has 1 fully saturated rings. The first-order chi connectivity index (χ1) is 9.24. The lowest BCUT2D eigenvalue weighted by molar-refractivity contribution is 0.182. The number of rotatable bonds is 4. The SMILES string of the molecule is COCCn1ncc(N2CCCNCC2)c(Cl)c1=O. The fourth-order valence-electron chi connectivity index (χ4n) is 2.10. The van der Waals surface area contributed by atoms with Gasteiger partial charge in [-0.2, -0.15) is 5.10 Å². The average molecular weight is 287 g/mol. The first-order valence-corrected chi connectivity index (χ1v) is 6.82. The number of methoxy groups -OCH3 is 1. The van der Waals surface area contributed by atoms with Crippen LogP contribution in [-0.2, 0) is 11.3 Å². The van der Waals surface area contributed by atoms with Crippen molar-refractivity contribution in [1.82, 2.24) is 15.1 Å². The van der Waals surface area contributed by atoms with Gasteiger partial charge in [0.25, 0.3) is 5.56 Å². The summed E-state index contributed by atoms with van der Waals surface area (Å²) in [4.78, 5) is 14.2. The van der Waals surface area contributed by atoms with Crippen molar-refractivity contribution in [3.8, 4) is 0 Å². The molecule has 1 aliphatic rings. The Kier molecular flexibility index (Phi) is 5.18. The second kappa shape index (κ2) is 6.88. The van der Waals surface area contributed by atoms with E-state index in [1.807, 2.05) is 0 Å². The summed E-state index contributed by atoms with van der Waals surface area (Å²) in [5.41, 5.74) is 0.470. The zero-order chi connectivity index (χ0) is 13.7. The van der Waals surface area contributed by atoms with E-state index in [2.05, 4.69) is 15.3 Å². The lowest BCUT2D eigenvalue weighted by Gasteiger charge is -2.23. The number of ether oxygens (including phenoxy) is 1. The van der Waals surface area contributed by atoms with Gasteiger partial charge in [-0.05, 0) is 13.0 Å². The maximum atomic E-state index is 12.1. The van der Waals surface area contributed by atoms with Crippen molar-refractivity contribution in [3.05, 3.63) is 21.6 Å². The molecule has 1 aliphatic heterocycles. The maximum absolute atomic E-state index is 12.1. The minimum absolute atomic E-state index is 0.244. The Morgan fingerprint density at radius 2 is 2.32 bits per heavy atom. The number of nitrogens with zero attached hydrogens (tertiary/aromatic N) is 3. The Hall–Kier alpha value is -1.11. The molecule has 0 atom stereocenters. The van der Waals surface area contributed by atoms with Crippen LogP contribution in [0.3, 0.4) is 0 Å². The summed E-state index contributed by atoms with van der Waals surface area (Å²) >= 11 is 6.19. The molecule has 0 unspecified atom stereocenters. The van der Waals surface area contributed by atoms with Crippen LogP contribution in [0.4, 0.5) is 5.69 Å². The van der Waals surface area contributed by atoms with Crippen LogP contribution in [0, 0.1) is 0 Å². The average Bonchev–Trinajstić information content (AvgIpc) is 2.69. The topological polar surface area (TPSA) is 59.4 Å². The first-order valence-electron chi connectivity index (χ1n) is 6.44. The number of hydrogen-bond donors (Lipinski definition) is 1. The van der Waals surface area contributed by atoms with Gasteiger partial charge in [0, 0.05) is 26.7 Å². The third kappa shape index (κ3) is 3.46. The van der Waals surface area contributed by atoms with Gasteiger partial charge >= 0.3 is 0 Å². The lowest BCUT2D eigenvalue weighted by Crippen LogP contribution is -2.32. The highest BCUT2D eigenvalue weighted by atomic mass is 35.5. The van der Waals surface area contributed by atoms with Crippen molar-refractivity contribution in [2.75, 3.05) is 44.8 Å². The van der Waals surface area contributed by atoms with E-state index in [0.29, 0.717) is 13.2 Å². The molecule has 1 N–H and O–H groups in total. The summed E-state index contributed by atoms with van der Waals surface area (Å²) in [6, 6.07) is 0. The number of aromatic nitrogens is 2. The van der Waals surface area contributed by atoms with Gasteiger partial charge in [0.1, 0.15) is 5.02 Å². The van der Waals surface area contributed by atoms with Crippen molar-refractivity contribution >= 4 is 17.3 Å². The van der Waals surface area contributed by atoms with Gasteiger partial charge < -0.3 is 15.0 Å². The van der Waals surface area contributed by atoms with Crippen LogP contribution < -0.4 is 15.8 Å². The minimum atomic E-state index is -0.256. The molecule has 106 valence electrons. The molecule has 1 saturated heterocycles. The highest BCUT2D eigenvalue weighted by Gasteiger charge is 2.16. The molecule has 0 aromatic carbocycles. The summed E-state index contributed by atoms with van der Waals surface area (Å²) in [6.07, 6.45) is 2.70. The van der Waals surface area contributed by atoms with E-state index in [0.717, 1.165) is 38.3 Å². The number of hydrogen-bond acceptors (Lipinski definition) is 5. The number of nitrogens with one attached hydrogen (secondary N) is 1. The van der Waals surface area contributed by atoms with E-state index in [4.69, 9.17) is 16.3 Å². The molecule has 0 radical (unpaired) electrons. The molecule has 7 heteroatoms. The predicted molar refractivity (Wildman–Crippen MR) is 75.1 cm³/mol. The number of halogens is 1. The van der Waals surface area contributed by atoms with Crippen LogP contribution >= 0.6 is 11.6 Å². The van der Waals surface area contributed by atoms with Crippen LogP contribution in [-0.4, -0.2) is 49.7 Å². The zero-order valence-corrected chi connectivity index (χ0v) is 11.8.